The number of hydrogen-bond donors (Lipinski definition) is 3. The zero-order chi connectivity index (χ0) is 12.4. The fourth-order valence-corrected chi connectivity index (χ4v) is 2.08. The van der Waals surface area contributed by atoms with Crippen molar-refractivity contribution in [3.63, 3.8) is 0 Å². The minimum Gasteiger partial charge on any atom is -0.394 e. The number of nitrogens with one attached hydrogen (secondary N) is 1. The van der Waals surface area contributed by atoms with Gasteiger partial charge in [-0.15, -0.1) is 0 Å². The first-order valence-corrected chi connectivity index (χ1v) is 6.90. The highest BCUT2D eigenvalue weighted by molar-refractivity contribution is 7.99. The molecule has 0 unspecified atom stereocenters. The van der Waals surface area contributed by atoms with E-state index in [1.54, 1.807) is 11.8 Å². The summed E-state index contributed by atoms with van der Waals surface area (Å²) in [6.45, 7) is 3.48. The number of aliphatic hydroxyl groups excluding tert-OH is 2. The van der Waals surface area contributed by atoms with Crippen molar-refractivity contribution in [1.29, 1.82) is 0 Å². The molecule has 3 N–H and O–H groups in total. The van der Waals surface area contributed by atoms with Gasteiger partial charge in [0.2, 0.25) is 5.91 Å². The summed E-state index contributed by atoms with van der Waals surface area (Å²) in [5.74, 6) is 1.24. The first-order chi connectivity index (χ1) is 7.64. The Morgan fingerprint density at radius 1 is 1.31 bits per heavy atom. The topological polar surface area (TPSA) is 69.6 Å². The molecule has 0 aromatic carbocycles. The van der Waals surface area contributed by atoms with Crippen LogP contribution >= 0.6 is 11.8 Å². The molecular weight excluding hydrogens is 226 g/mol. The third-order valence-corrected chi connectivity index (χ3v) is 3.61. The van der Waals surface area contributed by atoms with Gasteiger partial charge in [0.15, 0.2) is 0 Å². The molecule has 0 aliphatic rings. The van der Waals surface area contributed by atoms with Crippen LogP contribution in [0.15, 0.2) is 0 Å². The summed E-state index contributed by atoms with van der Waals surface area (Å²) in [6, 6.07) is 0. The smallest absolute Gasteiger partial charge is 0.230 e. The second-order valence-electron chi connectivity index (χ2n) is 3.90. The van der Waals surface area contributed by atoms with Gasteiger partial charge < -0.3 is 15.5 Å². The highest BCUT2D eigenvalue weighted by Gasteiger charge is 2.28. The van der Waals surface area contributed by atoms with Crippen molar-refractivity contribution in [3.05, 3.63) is 0 Å². The standard InChI is InChI=1S/C11H23NO3S/c1-3-5-6-16-7-10(15)12-11(4-2,8-13)9-14/h13-14H,3-9H2,1-2H3,(H,12,15). The number of aliphatic hydroxyl groups is 2. The Balaban J connectivity index is 3.91. The lowest BCUT2D eigenvalue weighted by Crippen LogP contribution is -2.54. The number of carbonyl (C=O) groups excluding carboxylic acids is 1. The monoisotopic (exact) mass is 249 g/mol. The van der Waals surface area contributed by atoms with Gasteiger partial charge in [-0.05, 0) is 18.6 Å². The summed E-state index contributed by atoms with van der Waals surface area (Å²) in [6.07, 6.45) is 2.75. The molecule has 1 amide bonds. The van der Waals surface area contributed by atoms with Crippen LogP contribution < -0.4 is 5.32 Å². The lowest BCUT2D eigenvalue weighted by Gasteiger charge is -2.29. The second kappa shape index (κ2) is 8.84. The molecule has 0 saturated heterocycles. The zero-order valence-electron chi connectivity index (χ0n) is 10.2. The van der Waals surface area contributed by atoms with Crippen LogP contribution in [0.4, 0.5) is 0 Å². The Kier molecular flexibility index (Phi) is 8.70. The van der Waals surface area contributed by atoms with Crippen LogP contribution in [-0.2, 0) is 4.79 Å². The summed E-state index contributed by atoms with van der Waals surface area (Å²) in [4.78, 5) is 11.5. The van der Waals surface area contributed by atoms with Gasteiger partial charge in [-0.1, -0.05) is 20.3 Å². The van der Waals surface area contributed by atoms with Crippen molar-refractivity contribution in [2.24, 2.45) is 0 Å². The Hall–Kier alpha value is -0.260. The molecule has 0 rings (SSSR count). The summed E-state index contributed by atoms with van der Waals surface area (Å²) in [7, 11) is 0. The second-order valence-corrected chi connectivity index (χ2v) is 5.01. The van der Waals surface area contributed by atoms with Crippen molar-refractivity contribution < 1.29 is 15.0 Å². The summed E-state index contributed by atoms with van der Waals surface area (Å²) in [5, 5.41) is 21.0. The molecule has 0 aromatic rings. The number of carbonyl (C=O) groups is 1. The highest BCUT2D eigenvalue weighted by Crippen LogP contribution is 2.10. The minimum absolute atomic E-state index is 0.119. The van der Waals surface area contributed by atoms with E-state index in [2.05, 4.69) is 12.2 Å². The molecule has 4 nitrogen and oxygen atoms in total. The average Bonchev–Trinajstić information content (AvgIpc) is 2.32. The van der Waals surface area contributed by atoms with Gasteiger partial charge in [0.25, 0.3) is 0 Å². The lowest BCUT2D eigenvalue weighted by molar-refractivity contribution is -0.121. The lowest BCUT2D eigenvalue weighted by atomic mass is 9.99. The molecular formula is C11H23NO3S. The van der Waals surface area contributed by atoms with E-state index >= 15 is 0 Å². The molecule has 0 radical (unpaired) electrons. The molecule has 0 spiro atoms. The third-order valence-electron chi connectivity index (χ3n) is 2.56. The Labute approximate surface area is 102 Å². The minimum atomic E-state index is -0.859. The summed E-state index contributed by atoms with van der Waals surface area (Å²) in [5.41, 5.74) is -0.859. The van der Waals surface area contributed by atoms with E-state index in [0.29, 0.717) is 12.2 Å². The van der Waals surface area contributed by atoms with E-state index in [1.165, 1.54) is 0 Å². The van der Waals surface area contributed by atoms with E-state index in [-0.39, 0.29) is 19.1 Å². The van der Waals surface area contributed by atoms with Gasteiger partial charge in [-0.2, -0.15) is 11.8 Å². The molecule has 0 aliphatic heterocycles. The van der Waals surface area contributed by atoms with Crippen LogP contribution in [0.3, 0.4) is 0 Å². The van der Waals surface area contributed by atoms with E-state index in [1.807, 2.05) is 6.92 Å². The number of hydrogen-bond acceptors (Lipinski definition) is 4. The van der Waals surface area contributed by atoms with Crippen LogP contribution in [0, 0.1) is 0 Å². The van der Waals surface area contributed by atoms with Crippen molar-refractivity contribution >= 4 is 17.7 Å². The average molecular weight is 249 g/mol. The van der Waals surface area contributed by atoms with Crippen molar-refractivity contribution in [1.82, 2.24) is 5.32 Å². The number of rotatable bonds is 9. The van der Waals surface area contributed by atoms with E-state index < -0.39 is 5.54 Å². The number of thioether (sulfide) groups is 1. The molecule has 96 valence electrons. The maximum atomic E-state index is 11.5. The maximum absolute atomic E-state index is 11.5. The molecule has 0 atom stereocenters. The molecule has 0 aromatic heterocycles. The SMILES string of the molecule is CCCCSCC(=O)NC(CC)(CO)CO. The molecule has 0 saturated carbocycles. The molecule has 0 bridgehead atoms. The molecule has 0 heterocycles. The van der Waals surface area contributed by atoms with Gasteiger partial charge in [-0.25, -0.2) is 0 Å². The van der Waals surface area contributed by atoms with Gasteiger partial charge in [0.1, 0.15) is 0 Å². The number of amides is 1. The van der Waals surface area contributed by atoms with E-state index in [4.69, 9.17) is 10.2 Å². The van der Waals surface area contributed by atoms with Crippen LogP contribution in [0.1, 0.15) is 33.1 Å². The summed E-state index contributed by atoms with van der Waals surface area (Å²) < 4.78 is 0. The quantitative estimate of drug-likeness (QED) is 0.528. The van der Waals surface area contributed by atoms with Crippen molar-refractivity contribution in [2.75, 3.05) is 24.7 Å². The Morgan fingerprint density at radius 2 is 1.94 bits per heavy atom. The predicted molar refractivity (Wildman–Crippen MR) is 67.6 cm³/mol. The molecule has 16 heavy (non-hydrogen) atoms. The van der Waals surface area contributed by atoms with Gasteiger partial charge >= 0.3 is 0 Å². The van der Waals surface area contributed by atoms with Crippen molar-refractivity contribution in [3.8, 4) is 0 Å². The fraction of sp³-hybridized carbons (Fsp3) is 0.909. The largest absolute Gasteiger partial charge is 0.394 e. The van der Waals surface area contributed by atoms with Crippen LogP contribution in [0.5, 0.6) is 0 Å². The first-order valence-electron chi connectivity index (χ1n) is 5.74. The third kappa shape index (κ3) is 5.72. The van der Waals surface area contributed by atoms with Crippen LogP contribution in [0.2, 0.25) is 0 Å². The molecule has 0 fully saturated rings. The van der Waals surface area contributed by atoms with Gasteiger partial charge in [0.05, 0.1) is 24.5 Å². The first kappa shape index (κ1) is 15.7. The summed E-state index contributed by atoms with van der Waals surface area (Å²) >= 11 is 1.58. The van der Waals surface area contributed by atoms with E-state index in [9.17, 15) is 4.79 Å². The normalized spacial score (nSPS) is 11.5. The van der Waals surface area contributed by atoms with Gasteiger partial charge in [0, 0.05) is 0 Å². The van der Waals surface area contributed by atoms with Crippen molar-refractivity contribution in [2.45, 2.75) is 38.6 Å². The molecule has 5 heteroatoms. The van der Waals surface area contributed by atoms with Gasteiger partial charge in [-0.3, -0.25) is 4.79 Å². The zero-order valence-corrected chi connectivity index (χ0v) is 11.0. The fourth-order valence-electron chi connectivity index (χ4n) is 1.18. The molecule has 0 aliphatic carbocycles. The maximum Gasteiger partial charge on any atom is 0.230 e. The predicted octanol–water partition coefficient (Wildman–Crippen LogP) is 0.769. The van der Waals surface area contributed by atoms with Crippen LogP contribution in [0.25, 0.3) is 0 Å². The van der Waals surface area contributed by atoms with Crippen LogP contribution in [-0.4, -0.2) is 46.4 Å². The number of unbranched alkanes of at least 4 members (excludes halogenated alkanes) is 1. The highest BCUT2D eigenvalue weighted by atomic mass is 32.2. The van der Waals surface area contributed by atoms with E-state index in [0.717, 1.165) is 18.6 Å². The Bertz CT molecular complexity index is 187. The Morgan fingerprint density at radius 3 is 2.38 bits per heavy atom.